The molecule has 0 saturated heterocycles. The highest BCUT2D eigenvalue weighted by Crippen LogP contribution is 2.18. The van der Waals surface area contributed by atoms with Crippen molar-refractivity contribution in [3.8, 4) is 0 Å². The van der Waals surface area contributed by atoms with Crippen molar-refractivity contribution in [2.24, 2.45) is 0 Å². The number of thioether (sulfide) groups is 1. The second kappa shape index (κ2) is 6.90. The average Bonchev–Trinajstić information content (AvgIpc) is 1.89. The molecule has 0 aromatic carbocycles. The van der Waals surface area contributed by atoms with Gasteiger partial charge in [-0.05, 0) is 36.7 Å². The Morgan fingerprint density at radius 1 is 1.70 bits per heavy atom. The standard InChI is InChI=1S/C8H15NS/c1-4-10-8(2)6-5-7-9-3/h4,9H,1-2,5-7H2,3H3. The minimum atomic E-state index is 1.07. The summed E-state index contributed by atoms with van der Waals surface area (Å²) >= 11 is 1.62. The van der Waals surface area contributed by atoms with Crippen LogP contribution in [0.25, 0.3) is 0 Å². The van der Waals surface area contributed by atoms with E-state index < -0.39 is 0 Å². The molecule has 0 bridgehead atoms. The van der Waals surface area contributed by atoms with E-state index in [-0.39, 0.29) is 0 Å². The first-order valence-corrected chi connectivity index (χ1v) is 4.29. The van der Waals surface area contributed by atoms with Crippen LogP contribution < -0.4 is 5.32 Å². The van der Waals surface area contributed by atoms with E-state index in [9.17, 15) is 0 Å². The van der Waals surface area contributed by atoms with Gasteiger partial charge < -0.3 is 5.32 Å². The van der Waals surface area contributed by atoms with Crippen LogP contribution in [0.3, 0.4) is 0 Å². The predicted octanol–water partition coefficient (Wildman–Crippen LogP) is 2.38. The molecule has 0 atom stereocenters. The third-order valence-corrected chi connectivity index (χ3v) is 1.84. The molecular weight excluding hydrogens is 142 g/mol. The Bertz CT molecular complexity index is 110. The van der Waals surface area contributed by atoms with E-state index in [0.717, 1.165) is 19.4 Å². The van der Waals surface area contributed by atoms with Gasteiger partial charge in [0.25, 0.3) is 0 Å². The molecular formula is C8H15NS. The molecule has 0 rings (SSSR count). The third-order valence-electron chi connectivity index (χ3n) is 1.13. The fourth-order valence-electron chi connectivity index (χ4n) is 0.639. The molecule has 10 heavy (non-hydrogen) atoms. The number of hydrogen-bond acceptors (Lipinski definition) is 2. The van der Waals surface area contributed by atoms with Crippen LogP contribution >= 0.6 is 11.8 Å². The van der Waals surface area contributed by atoms with Crippen LogP contribution in [0.4, 0.5) is 0 Å². The lowest BCUT2D eigenvalue weighted by Crippen LogP contribution is -2.06. The second-order valence-corrected chi connectivity index (χ2v) is 3.18. The molecule has 1 N–H and O–H groups in total. The molecule has 0 aliphatic carbocycles. The van der Waals surface area contributed by atoms with Gasteiger partial charge in [-0.25, -0.2) is 0 Å². The number of rotatable bonds is 6. The van der Waals surface area contributed by atoms with Crippen LogP contribution in [0.2, 0.25) is 0 Å². The third kappa shape index (κ3) is 5.92. The van der Waals surface area contributed by atoms with Gasteiger partial charge in [-0.15, -0.1) is 11.8 Å². The number of allylic oxidation sites excluding steroid dienone is 1. The SMILES string of the molecule is C=CSC(=C)CCCNC. The van der Waals surface area contributed by atoms with E-state index in [4.69, 9.17) is 0 Å². The fraction of sp³-hybridized carbons (Fsp3) is 0.500. The van der Waals surface area contributed by atoms with Crippen LogP contribution in [-0.4, -0.2) is 13.6 Å². The van der Waals surface area contributed by atoms with Gasteiger partial charge in [0.1, 0.15) is 0 Å². The molecule has 1 nitrogen and oxygen atoms in total. The average molecular weight is 157 g/mol. The van der Waals surface area contributed by atoms with Crippen molar-refractivity contribution in [3.05, 3.63) is 23.5 Å². The van der Waals surface area contributed by atoms with Gasteiger partial charge in [-0.3, -0.25) is 0 Å². The van der Waals surface area contributed by atoms with Crippen LogP contribution in [0.5, 0.6) is 0 Å². The smallest absolute Gasteiger partial charge is 0.00486 e. The molecule has 2 heteroatoms. The summed E-state index contributed by atoms with van der Waals surface area (Å²) < 4.78 is 0. The fourth-order valence-corrected chi connectivity index (χ4v) is 1.14. The first kappa shape index (κ1) is 9.79. The Morgan fingerprint density at radius 2 is 2.40 bits per heavy atom. The van der Waals surface area contributed by atoms with E-state index in [1.807, 2.05) is 12.5 Å². The molecule has 0 saturated carbocycles. The molecule has 0 spiro atoms. The maximum absolute atomic E-state index is 3.88. The highest BCUT2D eigenvalue weighted by Gasteiger charge is 1.90. The first-order chi connectivity index (χ1) is 4.81. The highest BCUT2D eigenvalue weighted by atomic mass is 32.2. The molecule has 0 heterocycles. The number of nitrogens with one attached hydrogen (secondary N) is 1. The van der Waals surface area contributed by atoms with Gasteiger partial charge in [-0.1, -0.05) is 13.2 Å². The Balaban J connectivity index is 3.13. The topological polar surface area (TPSA) is 12.0 Å². The minimum Gasteiger partial charge on any atom is -0.320 e. The summed E-state index contributed by atoms with van der Waals surface area (Å²) in [6.45, 7) is 8.56. The van der Waals surface area contributed by atoms with Crippen LogP contribution in [0.1, 0.15) is 12.8 Å². The summed E-state index contributed by atoms with van der Waals surface area (Å²) in [5.41, 5.74) is 0. The van der Waals surface area contributed by atoms with Crippen LogP contribution in [-0.2, 0) is 0 Å². The minimum absolute atomic E-state index is 1.07. The van der Waals surface area contributed by atoms with Crippen molar-refractivity contribution in [1.82, 2.24) is 5.32 Å². The van der Waals surface area contributed by atoms with E-state index in [1.165, 1.54) is 4.91 Å². The van der Waals surface area contributed by atoms with Crippen molar-refractivity contribution in [2.75, 3.05) is 13.6 Å². The van der Waals surface area contributed by atoms with Crippen molar-refractivity contribution >= 4 is 11.8 Å². The van der Waals surface area contributed by atoms with Gasteiger partial charge in [-0.2, -0.15) is 0 Å². The highest BCUT2D eigenvalue weighted by molar-refractivity contribution is 8.05. The van der Waals surface area contributed by atoms with Crippen molar-refractivity contribution in [2.45, 2.75) is 12.8 Å². The largest absolute Gasteiger partial charge is 0.320 e. The quantitative estimate of drug-likeness (QED) is 0.594. The van der Waals surface area contributed by atoms with Gasteiger partial charge in [0.2, 0.25) is 0 Å². The molecule has 0 amide bonds. The van der Waals surface area contributed by atoms with E-state index in [1.54, 1.807) is 11.8 Å². The molecule has 0 fully saturated rings. The van der Waals surface area contributed by atoms with Crippen molar-refractivity contribution in [1.29, 1.82) is 0 Å². The first-order valence-electron chi connectivity index (χ1n) is 3.41. The molecule has 58 valence electrons. The molecule has 0 aliphatic heterocycles. The molecule has 0 aromatic heterocycles. The maximum atomic E-state index is 3.88. The van der Waals surface area contributed by atoms with Crippen molar-refractivity contribution < 1.29 is 0 Å². The van der Waals surface area contributed by atoms with Gasteiger partial charge in [0.15, 0.2) is 0 Å². The normalized spacial score (nSPS) is 9.30. The molecule has 0 aliphatic rings. The Hall–Kier alpha value is -0.210. The lowest BCUT2D eigenvalue weighted by Gasteiger charge is -2.00. The van der Waals surface area contributed by atoms with Crippen molar-refractivity contribution in [3.63, 3.8) is 0 Å². The summed E-state index contributed by atoms with van der Waals surface area (Å²) in [7, 11) is 1.96. The predicted molar refractivity (Wildman–Crippen MR) is 50.1 cm³/mol. The zero-order chi connectivity index (χ0) is 7.82. The molecule has 0 radical (unpaired) electrons. The summed E-state index contributed by atoms with van der Waals surface area (Å²) in [4.78, 5) is 1.20. The lowest BCUT2D eigenvalue weighted by atomic mass is 10.3. The molecule has 0 unspecified atom stereocenters. The lowest BCUT2D eigenvalue weighted by molar-refractivity contribution is 0.733. The summed E-state index contributed by atoms with van der Waals surface area (Å²) in [5.74, 6) is 0. The second-order valence-electron chi connectivity index (χ2n) is 2.03. The Kier molecular flexibility index (Phi) is 6.76. The Morgan fingerprint density at radius 3 is 2.90 bits per heavy atom. The molecule has 0 aromatic rings. The maximum Gasteiger partial charge on any atom is -0.00486 e. The number of hydrogen-bond donors (Lipinski definition) is 1. The Labute approximate surface area is 67.6 Å². The van der Waals surface area contributed by atoms with Gasteiger partial charge in [0, 0.05) is 0 Å². The van der Waals surface area contributed by atoms with E-state index >= 15 is 0 Å². The van der Waals surface area contributed by atoms with E-state index in [2.05, 4.69) is 18.5 Å². The monoisotopic (exact) mass is 157 g/mol. The summed E-state index contributed by atoms with van der Waals surface area (Å²) in [6.07, 6.45) is 2.24. The summed E-state index contributed by atoms with van der Waals surface area (Å²) in [6, 6.07) is 0. The van der Waals surface area contributed by atoms with Gasteiger partial charge in [0.05, 0.1) is 0 Å². The van der Waals surface area contributed by atoms with Gasteiger partial charge >= 0.3 is 0 Å². The zero-order valence-electron chi connectivity index (χ0n) is 6.52. The van der Waals surface area contributed by atoms with Crippen LogP contribution in [0.15, 0.2) is 23.5 Å². The van der Waals surface area contributed by atoms with Crippen LogP contribution in [0, 0.1) is 0 Å². The zero-order valence-corrected chi connectivity index (χ0v) is 7.34. The summed E-state index contributed by atoms with van der Waals surface area (Å²) in [5, 5.41) is 4.91. The van der Waals surface area contributed by atoms with E-state index in [0.29, 0.717) is 0 Å².